The van der Waals surface area contributed by atoms with E-state index in [9.17, 15) is 34.8 Å². The van der Waals surface area contributed by atoms with Crippen molar-refractivity contribution in [2.24, 2.45) is 0 Å². The molecule has 2 aromatic rings. The molecule has 2 N–H and O–H groups in total. The van der Waals surface area contributed by atoms with Crippen molar-refractivity contribution in [2.75, 3.05) is 13.2 Å². The van der Waals surface area contributed by atoms with E-state index in [2.05, 4.69) is 14.2 Å². The van der Waals surface area contributed by atoms with E-state index in [1.165, 1.54) is 31.2 Å². The summed E-state index contributed by atoms with van der Waals surface area (Å²) in [5.74, 6) is -1.87. The van der Waals surface area contributed by atoms with Crippen LogP contribution in [-0.4, -0.2) is 48.4 Å². The normalized spacial score (nSPS) is 13.2. The van der Waals surface area contributed by atoms with Crippen molar-refractivity contribution in [3.8, 4) is 5.75 Å². The Kier molecular flexibility index (Phi) is 10.3. The molecular formula is C22H27F3N2O7S2. The van der Waals surface area contributed by atoms with Crippen LogP contribution in [0.2, 0.25) is 0 Å². The third-order valence-electron chi connectivity index (χ3n) is 4.78. The molecule has 0 radical (unpaired) electrons. The number of carbonyl (C=O) groups is 1. The van der Waals surface area contributed by atoms with E-state index in [4.69, 9.17) is 4.74 Å². The molecule has 0 saturated carbocycles. The number of rotatable bonds is 13. The van der Waals surface area contributed by atoms with Crippen LogP contribution >= 0.6 is 0 Å². The van der Waals surface area contributed by atoms with Crippen LogP contribution in [0.15, 0.2) is 58.3 Å². The van der Waals surface area contributed by atoms with Gasteiger partial charge in [-0.3, -0.25) is 4.79 Å². The van der Waals surface area contributed by atoms with Crippen LogP contribution in [0, 0.1) is 6.92 Å². The van der Waals surface area contributed by atoms with Crippen LogP contribution < -0.4 is 14.2 Å². The van der Waals surface area contributed by atoms with Crippen LogP contribution in [0.1, 0.15) is 31.7 Å². The molecule has 1 unspecified atom stereocenters. The number of ether oxygens (including phenoxy) is 2. The molecule has 36 heavy (non-hydrogen) atoms. The molecule has 0 aromatic heterocycles. The molecule has 200 valence electrons. The van der Waals surface area contributed by atoms with E-state index in [0.717, 1.165) is 17.7 Å². The Bertz CT molecular complexity index is 1230. The van der Waals surface area contributed by atoms with Crippen molar-refractivity contribution in [1.82, 2.24) is 9.44 Å². The minimum Gasteiger partial charge on any atom is -0.465 e. The van der Waals surface area contributed by atoms with Gasteiger partial charge in [-0.05, 0) is 57.4 Å². The second kappa shape index (κ2) is 12.5. The average molecular weight is 553 g/mol. The summed E-state index contributed by atoms with van der Waals surface area (Å²) in [6.07, 6.45) is -4.77. The summed E-state index contributed by atoms with van der Waals surface area (Å²) in [6.45, 7) is 3.29. The number of sulfonamides is 2. The first-order chi connectivity index (χ1) is 16.7. The maximum atomic E-state index is 12.8. The number of para-hydroxylation sites is 1. The molecule has 0 fully saturated rings. The summed E-state index contributed by atoms with van der Waals surface area (Å²) in [6, 6.07) is 8.94. The maximum Gasteiger partial charge on any atom is 0.573 e. The molecule has 0 aliphatic heterocycles. The number of halogens is 3. The third-order valence-corrected chi connectivity index (χ3v) is 7.76. The number of benzene rings is 2. The number of carbonyl (C=O) groups excluding carboxylic acids is 1. The Morgan fingerprint density at radius 1 is 0.972 bits per heavy atom. The summed E-state index contributed by atoms with van der Waals surface area (Å²) in [5, 5.41) is 0. The molecule has 14 heteroatoms. The molecule has 0 aliphatic carbocycles. The van der Waals surface area contributed by atoms with Crippen LogP contribution in [-0.2, 0) is 29.6 Å². The van der Waals surface area contributed by atoms with Crippen molar-refractivity contribution in [2.45, 2.75) is 55.3 Å². The Morgan fingerprint density at radius 2 is 1.61 bits per heavy atom. The fourth-order valence-corrected chi connectivity index (χ4v) is 5.50. The quantitative estimate of drug-likeness (QED) is 0.288. The SMILES string of the molecule is CCOC(=O)C(CCCCNS(=O)(=O)c1ccc(C)cc1)NS(=O)(=O)c1ccccc1OC(F)(F)F. The number of unbranched alkanes of at least 4 members (excludes halogenated alkanes) is 1. The summed E-state index contributed by atoms with van der Waals surface area (Å²) in [4.78, 5) is 11.6. The lowest BCUT2D eigenvalue weighted by atomic mass is 10.1. The van der Waals surface area contributed by atoms with Gasteiger partial charge in [-0.15, -0.1) is 13.2 Å². The van der Waals surface area contributed by atoms with E-state index in [-0.39, 0.29) is 37.3 Å². The van der Waals surface area contributed by atoms with Gasteiger partial charge in [0.1, 0.15) is 16.7 Å². The van der Waals surface area contributed by atoms with Crippen molar-refractivity contribution in [3.63, 3.8) is 0 Å². The maximum absolute atomic E-state index is 12.8. The first kappa shape index (κ1) is 29.5. The summed E-state index contributed by atoms with van der Waals surface area (Å²) in [7, 11) is -8.36. The Hall–Kier alpha value is -2.68. The molecule has 9 nitrogen and oxygen atoms in total. The van der Waals surface area contributed by atoms with Crippen LogP contribution in [0.3, 0.4) is 0 Å². The molecule has 0 saturated heterocycles. The zero-order valence-electron chi connectivity index (χ0n) is 19.5. The fraction of sp³-hybridized carbons (Fsp3) is 0.409. The summed E-state index contributed by atoms with van der Waals surface area (Å²) < 4.78 is 102. The number of aryl methyl sites for hydroxylation is 1. The van der Waals surface area contributed by atoms with E-state index in [0.29, 0.717) is 0 Å². The number of esters is 1. The van der Waals surface area contributed by atoms with Crippen LogP contribution in [0.25, 0.3) is 0 Å². The molecule has 0 bridgehead atoms. The zero-order chi connectivity index (χ0) is 27.0. The van der Waals surface area contributed by atoms with Gasteiger partial charge in [0.2, 0.25) is 20.0 Å². The third kappa shape index (κ3) is 9.08. The van der Waals surface area contributed by atoms with Gasteiger partial charge in [-0.1, -0.05) is 29.8 Å². The van der Waals surface area contributed by atoms with Gasteiger partial charge in [-0.25, -0.2) is 21.6 Å². The van der Waals surface area contributed by atoms with Gasteiger partial charge in [-0.2, -0.15) is 4.72 Å². The largest absolute Gasteiger partial charge is 0.573 e. The van der Waals surface area contributed by atoms with E-state index < -0.39 is 49.1 Å². The Morgan fingerprint density at radius 3 is 2.22 bits per heavy atom. The van der Waals surface area contributed by atoms with Crippen molar-refractivity contribution in [1.29, 1.82) is 0 Å². The minimum absolute atomic E-state index is 0.0146. The second-order valence-electron chi connectivity index (χ2n) is 7.63. The van der Waals surface area contributed by atoms with E-state index >= 15 is 0 Å². The minimum atomic E-state index is -5.13. The van der Waals surface area contributed by atoms with Crippen molar-refractivity contribution >= 4 is 26.0 Å². The molecular weight excluding hydrogens is 525 g/mol. The van der Waals surface area contributed by atoms with Gasteiger partial charge >= 0.3 is 12.3 Å². The molecule has 2 rings (SSSR count). The standard InChI is InChI=1S/C22H27F3N2O7S2/c1-3-33-21(28)18(8-6-7-15-26-35(29,30)17-13-11-16(2)12-14-17)27-36(31,32)20-10-5-4-9-19(20)34-22(23,24)25/h4-5,9-14,18,26-27H,3,6-8,15H2,1-2H3. The lowest BCUT2D eigenvalue weighted by Gasteiger charge is -2.19. The van der Waals surface area contributed by atoms with Crippen LogP contribution in [0.5, 0.6) is 5.75 Å². The van der Waals surface area contributed by atoms with E-state index in [1.807, 2.05) is 6.92 Å². The molecule has 0 amide bonds. The van der Waals surface area contributed by atoms with Crippen molar-refractivity contribution < 1.29 is 44.3 Å². The molecule has 0 heterocycles. The lowest BCUT2D eigenvalue weighted by Crippen LogP contribution is -2.42. The predicted octanol–water partition coefficient (Wildman–Crippen LogP) is 3.25. The monoisotopic (exact) mass is 552 g/mol. The van der Waals surface area contributed by atoms with Gasteiger partial charge in [0.15, 0.2) is 0 Å². The highest BCUT2D eigenvalue weighted by Crippen LogP contribution is 2.29. The Balaban J connectivity index is 2.05. The number of alkyl halides is 3. The summed E-state index contributed by atoms with van der Waals surface area (Å²) >= 11 is 0. The van der Waals surface area contributed by atoms with Gasteiger partial charge < -0.3 is 9.47 Å². The predicted molar refractivity (Wildman–Crippen MR) is 124 cm³/mol. The molecule has 2 aromatic carbocycles. The first-order valence-corrected chi connectivity index (χ1v) is 13.8. The molecule has 0 aliphatic rings. The topological polar surface area (TPSA) is 128 Å². The fourth-order valence-electron chi connectivity index (χ4n) is 3.08. The first-order valence-electron chi connectivity index (χ1n) is 10.9. The van der Waals surface area contributed by atoms with E-state index in [1.54, 1.807) is 12.1 Å². The average Bonchev–Trinajstić information content (AvgIpc) is 2.77. The highest BCUT2D eigenvalue weighted by molar-refractivity contribution is 7.89. The van der Waals surface area contributed by atoms with Gasteiger partial charge in [0.25, 0.3) is 0 Å². The molecule has 1 atom stereocenters. The smallest absolute Gasteiger partial charge is 0.465 e. The second-order valence-corrected chi connectivity index (χ2v) is 11.1. The highest BCUT2D eigenvalue weighted by atomic mass is 32.2. The number of hydrogen-bond donors (Lipinski definition) is 2. The number of nitrogens with one attached hydrogen (secondary N) is 2. The zero-order valence-corrected chi connectivity index (χ0v) is 21.2. The number of hydrogen-bond acceptors (Lipinski definition) is 7. The lowest BCUT2D eigenvalue weighted by molar-refractivity contribution is -0.275. The van der Waals surface area contributed by atoms with Gasteiger partial charge in [0.05, 0.1) is 11.5 Å². The van der Waals surface area contributed by atoms with Crippen molar-refractivity contribution in [3.05, 3.63) is 54.1 Å². The summed E-state index contributed by atoms with van der Waals surface area (Å²) in [5.41, 5.74) is 0.897. The molecule has 0 spiro atoms. The van der Waals surface area contributed by atoms with Gasteiger partial charge in [0, 0.05) is 6.54 Å². The van der Waals surface area contributed by atoms with Crippen LogP contribution in [0.4, 0.5) is 13.2 Å². The highest BCUT2D eigenvalue weighted by Gasteiger charge is 2.35. The Labute approximate surface area is 208 Å².